The van der Waals surface area contributed by atoms with Crippen LogP contribution in [0, 0.1) is 0 Å². The molecule has 88 valence electrons. The molecule has 0 saturated heterocycles. The number of anilines is 1. The fourth-order valence-electron chi connectivity index (χ4n) is 2.38. The molecule has 0 amide bonds. The van der Waals surface area contributed by atoms with Crippen LogP contribution >= 0.6 is 11.6 Å². The summed E-state index contributed by atoms with van der Waals surface area (Å²) in [5, 5.41) is 1.71. The van der Waals surface area contributed by atoms with Gasteiger partial charge in [-0.05, 0) is 25.2 Å². The highest BCUT2D eigenvalue weighted by atomic mass is 35.5. The molecular formula is C13H14ClN3. The number of aromatic nitrogens is 1. The molecule has 1 aliphatic rings. The normalized spacial score (nSPS) is 16.1. The average molecular weight is 248 g/mol. The summed E-state index contributed by atoms with van der Waals surface area (Å²) < 4.78 is 0. The van der Waals surface area contributed by atoms with Gasteiger partial charge >= 0.3 is 0 Å². The number of pyridine rings is 1. The molecule has 1 aliphatic heterocycles. The molecule has 0 fully saturated rings. The lowest BCUT2D eigenvalue weighted by atomic mass is 10.0. The molecule has 0 atom stereocenters. The summed E-state index contributed by atoms with van der Waals surface area (Å²) in [7, 11) is 2.11. The molecule has 0 unspecified atom stereocenters. The lowest BCUT2D eigenvalue weighted by Crippen LogP contribution is -2.28. The minimum Gasteiger partial charge on any atom is -0.398 e. The van der Waals surface area contributed by atoms with Gasteiger partial charge in [0.05, 0.1) is 5.52 Å². The maximum absolute atomic E-state index is 6.24. The predicted molar refractivity (Wildman–Crippen MR) is 71.2 cm³/mol. The van der Waals surface area contributed by atoms with E-state index < -0.39 is 0 Å². The van der Waals surface area contributed by atoms with Crippen LogP contribution in [0.4, 0.5) is 5.69 Å². The van der Waals surface area contributed by atoms with Gasteiger partial charge in [-0.3, -0.25) is 4.98 Å². The highest BCUT2D eigenvalue weighted by Crippen LogP contribution is 2.30. The van der Waals surface area contributed by atoms with E-state index >= 15 is 0 Å². The lowest BCUT2D eigenvalue weighted by Gasteiger charge is -2.26. The topological polar surface area (TPSA) is 42.2 Å². The van der Waals surface area contributed by atoms with Crippen LogP contribution < -0.4 is 5.73 Å². The minimum atomic E-state index is 0.706. The van der Waals surface area contributed by atoms with E-state index in [0.717, 1.165) is 41.8 Å². The van der Waals surface area contributed by atoms with Gasteiger partial charge in [-0.25, -0.2) is 0 Å². The summed E-state index contributed by atoms with van der Waals surface area (Å²) in [5.74, 6) is 0. The fourth-order valence-corrected chi connectivity index (χ4v) is 2.55. The summed E-state index contributed by atoms with van der Waals surface area (Å²) in [5.41, 5.74) is 10.3. The van der Waals surface area contributed by atoms with E-state index in [-0.39, 0.29) is 0 Å². The summed E-state index contributed by atoms with van der Waals surface area (Å²) in [6.07, 6.45) is 0.957. The second kappa shape index (κ2) is 3.86. The number of hydrogen-bond donors (Lipinski definition) is 1. The van der Waals surface area contributed by atoms with Crippen molar-refractivity contribution in [2.75, 3.05) is 19.3 Å². The Bertz CT molecular complexity index is 595. The number of nitrogens with two attached hydrogens (primary N) is 1. The number of likely N-dealkylation sites (N-methyl/N-ethyl adjacent to an activating group) is 1. The first-order chi connectivity index (χ1) is 8.15. The molecule has 0 saturated carbocycles. The molecule has 3 rings (SSSR count). The zero-order valence-corrected chi connectivity index (χ0v) is 10.5. The molecule has 0 radical (unpaired) electrons. The van der Waals surface area contributed by atoms with Gasteiger partial charge in [0.2, 0.25) is 0 Å². The predicted octanol–water partition coefficient (Wildman–Crippen LogP) is 2.46. The molecule has 2 aromatic rings. The maximum atomic E-state index is 6.24. The standard InChI is InChI=1S/C13H14ClN3/c1-17-5-4-11-10(7-17)13(15)9-3-2-8(14)6-12(9)16-11/h2-3,6H,4-5,7H2,1H3,(H2,15,16). The number of rotatable bonds is 0. The van der Waals surface area contributed by atoms with Crippen molar-refractivity contribution in [3.05, 3.63) is 34.5 Å². The maximum Gasteiger partial charge on any atom is 0.0741 e. The number of halogens is 1. The molecule has 1 aromatic heterocycles. The van der Waals surface area contributed by atoms with Gasteiger partial charge in [0, 0.05) is 46.9 Å². The number of hydrogen-bond acceptors (Lipinski definition) is 3. The van der Waals surface area contributed by atoms with Gasteiger partial charge in [-0.1, -0.05) is 11.6 Å². The summed E-state index contributed by atoms with van der Waals surface area (Å²) in [6.45, 7) is 1.91. The first kappa shape index (κ1) is 10.8. The zero-order valence-electron chi connectivity index (χ0n) is 9.70. The monoisotopic (exact) mass is 247 g/mol. The van der Waals surface area contributed by atoms with E-state index in [4.69, 9.17) is 17.3 Å². The van der Waals surface area contributed by atoms with Crippen LogP contribution in [0.5, 0.6) is 0 Å². The van der Waals surface area contributed by atoms with E-state index in [2.05, 4.69) is 16.9 Å². The Morgan fingerprint density at radius 2 is 2.24 bits per heavy atom. The van der Waals surface area contributed by atoms with Crippen molar-refractivity contribution in [1.29, 1.82) is 0 Å². The largest absolute Gasteiger partial charge is 0.398 e. The van der Waals surface area contributed by atoms with E-state index in [0.29, 0.717) is 5.02 Å². The van der Waals surface area contributed by atoms with E-state index in [1.54, 1.807) is 0 Å². The summed E-state index contributed by atoms with van der Waals surface area (Å²) in [6, 6.07) is 5.70. The Morgan fingerprint density at radius 1 is 1.41 bits per heavy atom. The van der Waals surface area contributed by atoms with Crippen LogP contribution in [0.1, 0.15) is 11.3 Å². The first-order valence-corrected chi connectivity index (χ1v) is 6.08. The van der Waals surface area contributed by atoms with Crippen molar-refractivity contribution in [3.8, 4) is 0 Å². The van der Waals surface area contributed by atoms with Crippen molar-refractivity contribution in [2.45, 2.75) is 13.0 Å². The van der Waals surface area contributed by atoms with Crippen molar-refractivity contribution in [2.24, 2.45) is 0 Å². The van der Waals surface area contributed by atoms with Crippen molar-refractivity contribution in [1.82, 2.24) is 9.88 Å². The van der Waals surface area contributed by atoms with E-state index in [1.165, 1.54) is 5.56 Å². The van der Waals surface area contributed by atoms with Crippen LogP contribution in [0.15, 0.2) is 18.2 Å². The average Bonchev–Trinajstić information content (AvgIpc) is 2.30. The van der Waals surface area contributed by atoms with Crippen molar-refractivity contribution in [3.63, 3.8) is 0 Å². The van der Waals surface area contributed by atoms with Gasteiger partial charge < -0.3 is 10.6 Å². The Kier molecular flexibility index (Phi) is 2.45. The van der Waals surface area contributed by atoms with Gasteiger partial charge in [-0.2, -0.15) is 0 Å². The fraction of sp³-hybridized carbons (Fsp3) is 0.308. The molecular weight excluding hydrogens is 234 g/mol. The number of benzene rings is 1. The third-order valence-corrected chi connectivity index (χ3v) is 3.57. The van der Waals surface area contributed by atoms with Gasteiger partial charge in [0.1, 0.15) is 0 Å². The van der Waals surface area contributed by atoms with Crippen LogP contribution in [-0.4, -0.2) is 23.5 Å². The highest BCUT2D eigenvalue weighted by molar-refractivity contribution is 6.31. The third-order valence-electron chi connectivity index (χ3n) is 3.34. The van der Waals surface area contributed by atoms with Gasteiger partial charge in [0.25, 0.3) is 0 Å². The van der Waals surface area contributed by atoms with E-state index in [9.17, 15) is 0 Å². The molecule has 2 heterocycles. The van der Waals surface area contributed by atoms with Crippen LogP contribution in [0.2, 0.25) is 5.02 Å². The number of nitrogen functional groups attached to an aromatic ring is 1. The minimum absolute atomic E-state index is 0.706. The van der Waals surface area contributed by atoms with E-state index in [1.807, 2.05) is 18.2 Å². The second-order valence-electron chi connectivity index (χ2n) is 4.60. The summed E-state index contributed by atoms with van der Waals surface area (Å²) in [4.78, 5) is 6.95. The Balaban J connectivity index is 2.28. The molecule has 2 N–H and O–H groups in total. The van der Waals surface area contributed by atoms with Crippen molar-refractivity contribution >= 4 is 28.2 Å². The van der Waals surface area contributed by atoms with Crippen LogP contribution in [0.25, 0.3) is 10.9 Å². The molecule has 0 aliphatic carbocycles. The first-order valence-electron chi connectivity index (χ1n) is 5.70. The Hall–Kier alpha value is -1.32. The quantitative estimate of drug-likeness (QED) is 0.778. The SMILES string of the molecule is CN1CCc2nc3cc(Cl)ccc3c(N)c2C1. The Labute approximate surface area is 105 Å². The second-order valence-corrected chi connectivity index (χ2v) is 5.04. The Morgan fingerprint density at radius 3 is 3.06 bits per heavy atom. The smallest absolute Gasteiger partial charge is 0.0741 e. The van der Waals surface area contributed by atoms with Crippen molar-refractivity contribution < 1.29 is 0 Å². The van der Waals surface area contributed by atoms with Gasteiger partial charge in [-0.15, -0.1) is 0 Å². The van der Waals surface area contributed by atoms with Crippen LogP contribution in [0.3, 0.4) is 0 Å². The number of nitrogens with zero attached hydrogens (tertiary/aromatic N) is 2. The number of fused-ring (bicyclic) bond motifs is 2. The van der Waals surface area contributed by atoms with Gasteiger partial charge in [0.15, 0.2) is 0 Å². The molecule has 3 nitrogen and oxygen atoms in total. The van der Waals surface area contributed by atoms with Crippen LogP contribution in [-0.2, 0) is 13.0 Å². The zero-order chi connectivity index (χ0) is 12.0. The summed E-state index contributed by atoms with van der Waals surface area (Å²) >= 11 is 5.99. The molecule has 1 aromatic carbocycles. The highest BCUT2D eigenvalue weighted by Gasteiger charge is 2.19. The third kappa shape index (κ3) is 1.75. The lowest BCUT2D eigenvalue weighted by molar-refractivity contribution is 0.311. The molecule has 4 heteroatoms. The molecule has 0 bridgehead atoms. The molecule has 17 heavy (non-hydrogen) atoms. The molecule has 0 spiro atoms.